The van der Waals surface area contributed by atoms with Crippen LogP contribution < -0.4 is 10.9 Å². The average molecular weight is 362 g/mol. The molecule has 6 nitrogen and oxygen atoms in total. The molecule has 2 N–H and O–H groups in total. The fourth-order valence-electron chi connectivity index (χ4n) is 3.14. The molecule has 0 radical (unpaired) electrons. The molecule has 1 unspecified atom stereocenters. The van der Waals surface area contributed by atoms with Crippen LogP contribution in [0.15, 0.2) is 53.6 Å². The maximum atomic E-state index is 12.8. The van der Waals surface area contributed by atoms with E-state index in [0.29, 0.717) is 17.1 Å². The molecular weight excluding hydrogens is 340 g/mol. The molecule has 0 aliphatic heterocycles. The predicted molar refractivity (Wildman–Crippen MR) is 103 cm³/mol. The highest BCUT2D eigenvalue weighted by atomic mass is 16.2. The highest BCUT2D eigenvalue weighted by Crippen LogP contribution is 2.24. The van der Waals surface area contributed by atoms with E-state index in [1.54, 1.807) is 26.2 Å². The van der Waals surface area contributed by atoms with Gasteiger partial charge in [0.2, 0.25) is 5.91 Å². The Kier molecular flexibility index (Phi) is 5.45. The molecule has 0 aliphatic carbocycles. The molecule has 27 heavy (non-hydrogen) atoms. The molecule has 138 valence electrons. The minimum Gasteiger partial charge on any atom is -0.345 e. The molecule has 1 aromatic carbocycles. The summed E-state index contributed by atoms with van der Waals surface area (Å²) in [5.74, 6) is 0.301. The monoisotopic (exact) mass is 362 g/mol. The topological polar surface area (TPSA) is 87.7 Å². The summed E-state index contributed by atoms with van der Waals surface area (Å²) in [5, 5.41) is 3.06. The van der Waals surface area contributed by atoms with Crippen LogP contribution in [0.2, 0.25) is 0 Å². The molecule has 1 amide bonds. The number of nitrogens with zero attached hydrogens (tertiary/aromatic N) is 2. The zero-order valence-electron chi connectivity index (χ0n) is 15.6. The number of carbonyl (C=O) groups excluding carboxylic acids is 1. The second-order valence-electron chi connectivity index (χ2n) is 6.53. The van der Waals surface area contributed by atoms with Gasteiger partial charge in [-0.2, -0.15) is 0 Å². The number of aromatic nitrogens is 3. The quantitative estimate of drug-likeness (QED) is 0.730. The second-order valence-corrected chi connectivity index (χ2v) is 6.53. The van der Waals surface area contributed by atoms with E-state index < -0.39 is 0 Å². The molecule has 2 aromatic heterocycles. The van der Waals surface area contributed by atoms with Crippen molar-refractivity contribution in [3.05, 3.63) is 92.9 Å². The van der Waals surface area contributed by atoms with Crippen molar-refractivity contribution in [2.75, 3.05) is 0 Å². The lowest BCUT2D eigenvalue weighted by Gasteiger charge is -2.21. The number of H-pyrrole nitrogens is 1. The Morgan fingerprint density at radius 3 is 2.48 bits per heavy atom. The van der Waals surface area contributed by atoms with Crippen molar-refractivity contribution >= 4 is 5.91 Å². The molecule has 3 aromatic rings. The number of aryl methyl sites for hydroxylation is 3. The van der Waals surface area contributed by atoms with Gasteiger partial charge in [0.1, 0.15) is 5.82 Å². The van der Waals surface area contributed by atoms with Crippen LogP contribution in [-0.4, -0.2) is 20.9 Å². The van der Waals surface area contributed by atoms with Crippen molar-refractivity contribution in [1.29, 1.82) is 0 Å². The van der Waals surface area contributed by atoms with Crippen LogP contribution in [-0.2, 0) is 11.2 Å². The Balaban J connectivity index is 1.90. The third-order valence-corrected chi connectivity index (χ3v) is 4.52. The first-order valence-electron chi connectivity index (χ1n) is 8.77. The number of hydrogen-bond acceptors (Lipinski definition) is 4. The second kappa shape index (κ2) is 7.95. The number of nitrogens with one attached hydrogen (secondary N) is 2. The normalized spacial score (nSPS) is 11.8. The van der Waals surface area contributed by atoms with Crippen LogP contribution in [0.25, 0.3) is 0 Å². The van der Waals surface area contributed by atoms with Gasteiger partial charge in [-0.3, -0.25) is 14.6 Å². The fourth-order valence-corrected chi connectivity index (χ4v) is 3.14. The summed E-state index contributed by atoms with van der Waals surface area (Å²) in [4.78, 5) is 35.9. The van der Waals surface area contributed by atoms with Gasteiger partial charge < -0.3 is 10.3 Å². The van der Waals surface area contributed by atoms with E-state index in [4.69, 9.17) is 0 Å². The summed E-state index contributed by atoms with van der Waals surface area (Å²) in [6.07, 6.45) is 3.37. The van der Waals surface area contributed by atoms with Crippen LogP contribution in [0.1, 0.15) is 39.8 Å². The van der Waals surface area contributed by atoms with E-state index in [1.807, 2.05) is 43.3 Å². The Hall–Kier alpha value is -3.28. The van der Waals surface area contributed by atoms with Gasteiger partial charge in [-0.05, 0) is 49.6 Å². The number of carbonyl (C=O) groups is 1. The molecule has 1 atom stereocenters. The van der Waals surface area contributed by atoms with Crippen molar-refractivity contribution in [3.63, 3.8) is 0 Å². The highest BCUT2D eigenvalue weighted by Gasteiger charge is 2.20. The van der Waals surface area contributed by atoms with Crippen LogP contribution in [0, 0.1) is 20.8 Å². The molecule has 6 heteroatoms. The lowest BCUT2D eigenvalue weighted by Crippen LogP contribution is -2.33. The van der Waals surface area contributed by atoms with Crippen molar-refractivity contribution in [1.82, 2.24) is 20.3 Å². The highest BCUT2D eigenvalue weighted by molar-refractivity contribution is 5.79. The average Bonchev–Trinajstić information content (AvgIpc) is 2.64. The molecule has 2 heterocycles. The fraction of sp³-hybridized carbons (Fsp3) is 0.238. The van der Waals surface area contributed by atoms with Gasteiger partial charge in [-0.25, -0.2) is 4.98 Å². The van der Waals surface area contributed by atoms with Gasteiger partial charge >= 0.3 is 0 Å². The largest absolute Gasteiger partial charge is 0.345 e. The molecule has 0 aliphatic rings. The molecule has 0 saturated heterocycles. The van der Waals surface area contributed by atoms with Crippen molar-refractivity contribution < 1.29 is 4.79 Å². The summed E-state index contributed by atoms with van der Waals surface area (Å²) < 4.78 is 0. The molecular formula is C21H22N4O2. The summed E-state index contributed by atoms with van der Waals surface area (Å²) in [7, 11) is 0. The standard InChI is InChI=1S/C21H22N4O2/c1-13-6-4-5-7-17(13)20(16-8-10-22-11-9-16)25-19(26)12-18-14(2)23-15(3)24-21(18)27/h4-11,20H,12H2,1-3H3,(H,25,26)(H,23,24,27). The van der Waals surface area contributed by atoms with E-state index in [1.165, 1.54) is 0 Å². The first-order chi connectivity index (χ1) is 13.0. The number of hydrogen-bond donors (Lipinski definition) is 2. The summed E-state index contributed by atoms with van der Waals surface area (Å²) in [5.41, 5.74) is 3.70. The van der Waals surface area contributed by atoms with Gasteiger partial charge in [-0.15, -0.1) is 0 Å². The third-order valence-electron chi connectivity index (χ3n) is 4.52. The van der Waals surface area contributed by atoms with Crippen molar-refractivity contribution in [2.24, 2.45) is 0 Å². The first-order valence-corrected chi connectivity index (χ1v) is 8.77. The van der Waals surface area contributed by atoms with Crippen molar-refractivity contribution in [2.45, 2.75) is 33.2 Å². The maximum absolute atomic E-state index is 12.8. The lowest BCUT2D eigenvalue weighted by atomic mass is 9.95. The number of pyridine rings is 1. The molecule has 0 bridgehead atoms. The zero-order chi connectivity index (χ0) is 19.4. The molecule has 3 rings (SSSR count). The zero-order valence-corrected chi connectivity index (χ0v) is 15.6. The van der Waals surface area contributed by atoms with Gasteiger partial charge in [0, 0.05) is 23.7 Å². The summed E-state index contributed by atoms with van der Waals surface area (Å²) >= 11 is 0. The number of benzene rings is 1. The van der Waals surface area contributed by atoms with E-state index >= 15 is 0 Å². The third kappa shape index (κ3) is 4.28. The number of aromatic amines is 1. The van der Waals surface area contributed by atoms with Crippen LogP contribution in [0.4, 0.5) is 0 Å². The Labute approximate surface area is 157 Å². The van der Waals surface area contributed by atoms with E-state index in [9.17, 15) is 9.59 Å². The Morgan fingerprint density at radius 1 is 1.11 bits per heavy atom. The minimum atomic E-state index is -0.320. The van der Waals surface area contributed by atoms with Gasteiger partial charge in [-0.1, -0.05) is 24.3 Å². The smallest absolute Gasteiger partial charge is 0.254 e. The van der Waals surface area contributed by atoms with Crippen LogP contribution in [0.3, 0.4) is 0 Å². The van der Waals surface area contributed by atoms with Crippen LogP contribution >= 0.6 is 0 Å². The first kappa shape index (κ1) is 18.5. The summed E-state index contributed by atoms with van der Waals surface area (Å²) in [6.45, 7) is 5.47. The van der Waals surface area contributed by atoms with E-state index in [0.717, 1.165) is 16.7 Å². The number of rotatable bonds is 5. The van der Waals surface area contributed by atoms with E-state index in [-0.39, 0.29) is 23.9 Å². The molecule has 0 fully saturated rings. The maximum Gasteiger partial charge on any atom is 0.254 e. The molecule has 0 spiro atoms. The minimum absolute atomic E-state index is 0.0259. The van der Waals surface area contributed by atoms with Gasteiger partial charge in [0.15, 0.2) is 0 Å². The summed E-state index contributed by atoms with van der Waals surface area (Å²) in [6, 6.07) is 11.3. The van der Waals surface area contributed by atoms with E-state index in [2.05, 4.69) is 20.3 Å². The Morgan fingerprint density at radius 2 is 1.81 bits per heavy atom. The SMILES string of the molecule is Cc1nc(C)c(CC(=O)NC(c2ccncc2)c2ccccc2C)c(=O)[nH]1. The van der Waals surface area contributed by atoms with Gasteiger partial charge in [0.25, 0.3) is 5.56 Å². The molecule has 0 saturated carbocycles. The van der Waals surface area contributed by atoms with Crippen molar-refractivity contribution in [3.8, 4) is 0 Å². The predicted octanol–water partition coefficient (Wildman–Crippen LogP) is 2.54. The van der Waals surface area contributed by atoms with Crippen LogP contribution in [0.5, 0.6) is 0 Å². The number of amides is 1. The lowest BCUT2D eigenvalue weighted by molar-refractivity contribution is -0.121. The Bertz CT molecular complexity index is 1010. The van der Waals surface area contributed by atoms with Gasteiger partial charge in [0.05, 0.1) is 12.5 Å².